The molecular weight excluding hydrogens is 334 g/mol. The highest BCUT2D eigenvalue weighted by molar-refractivity contribution is 7.85. The Morgan fingerprint density at radius 3 is 2.92 bits per heavy atom. The molecule has 128 valence electrons. The Kier molecular flexibility index (Phi) is 3.31. The van der Waals surface area contributed by atoms with Gasteiger partial charge in [0, 0.05) is 11.3 Å². The number of furan rings is 1. The highest BCUT2D eigenvalue weighted by Gasteiger charge is 2.42. The summed E-state index contributed by atoms with van der Waals surface area (Å²) < 4.78 is 38.9. The molecule has 4 N–H and O–H groups in total. The summed E-state index contributed by atoms with van der Waals surface area (Å²) in [4.78, 5) is 4.51. The molecule has 0 fully saturated rings. The second kappa shape index (κ2) is 5.16. The van der Waals surface area contributed by atoms with Crippen molar-refractivity contribution in [3.8, 4) is 11.6 Å². The third-order valence-electron chi connectivity index (χ3n) is 4.23. The zero-order valence-corrected chi connectivity index (χ0v) is 13.6. The Morgan fingerprint density at radius 2 is 2.21 bits per heavy atom. The van der Waals surface area contributed by atoms with E-state index in [0.717, 1.165) is 37.0 Å². The van der Waals surface area contributed by atoms with Crippen molar-refractivity contribution in [1.29, 1.82) is 0 Å². The summed E-state index contributed by atoms with van der Waals surface area (Å²) in [5, 5.41) is 7.39. The van der Waals surface area contributed by atoms with E-state index < -0.39 is 21.7 Å². The Morgan fingerprint density at radius 1 is 1.42 bits per heavy atom. The van der Waals surface area contributed by atoms with Crippen LogP contribution in [0.2, 0.25) is 0 Å². The van der Waals surface area contributed by atoms with Crippen molar-refractivity contribution in [2.45, 2.75) is 31.5 Å². The van der Waals surface area contributed by atoms with Gasteiger partial charge in [0.1, 0.15) is 5.75 Å². The number of aromatic nitrogens is 3. The van der Waals surface area contributed by atoms with E-state index in [1.807, 2.05) is 0 Å². The highest BCUT2D eigenvalue weighted by atomic mass is 32.2. The van der Waals surface area contributed by atoms with Crippen LogP contribution in [0.1, 0.15) is 31.5 Å². The van der Waals surface area contributed by atoms with Gasteiger partial charge < -0.3 is 9.73 Å². The van der Waals surface area contributed by atoms with Gasteiger partial charge in [-0.15, -0.1) is 5.10 Å². The third kappa shape index (κ3) is 2.52. The fourth-order valence-corrected chi connectivity index (χ4v) is 4.03. The monoisotopic (exact) mass is 351 g/mol. The second-order valence-electron chi connectivity index (χ2n) is 6.09. The number of hydrogen-bond acceptors (Lipinski definition) is 7. The SMILES string of the molecule is NC1(CS(=O)(=O)O)NC2=C(CCCC2)c2nc(-c3ccco3)nn21. The van der Waals surface area contributed by atoms with Gasteiger partial charge in [0.25, 0.3) is 10.1 Å². The van der Waals surface area contributed by atoms with E-state index in [-0.39, 0.29) is 0 Å². The standard InChI is InChI=1S/C14H17N5O4S/c15-14(8-24(20,21)22)17-10-5-2-1-4-9(10)13-16-12(18-19(13)14)11-6-3-7-23-11/h3,6-7,17H,1-2,4-5,8,15H2,(H,20,21,22). The molecule has 2 aliphatic rings. The number of nitrogens with one attached hydrogen (secondary N) is 1. The number of allylic oxidation sites excluding steroid dienone is 2. The molecule has 1 unspecified atom stereocenters. The topological polar surface area (TPSA) is 136 Å². The largest absolute Gasteiger partial charge is 0.461 e. The minimum atomic E-state index is -4.33. The van der Waals surface area contributed by atoms with Gasteiger partial charge in [0.15, 0.2) is 11.6 Å². The van der Waals surface area contributed by atoms with E-state index in [1.54, 1.807) is 12.1 Å². The van der Waals surface area contributed by atoms with Crippen LogP contribution in [0.3, 0.4) is 0 Å². The summed E-state index contributed by atoms with van der Waals surface area (Å²) in [5.74, 6) is -1.02. The Balaban J connectivity index is 1.89. The summed E-state index contributed by atoms with van der Waals surface area (Å²) in [6.45, 7) is 0. The molecule has 24 heavy (non-hydrogen) atoms. The molecule has 1 atom stereocenters. The second-order valence-corrected chi connectivity index (χ2v) is 7.54. The van der Waals surface area contributed by atoms with E-state index in [4.69, 9.17) is 10.2 Å². The first-order chi connectivity index (χ1) is 11.4. The molecule has 0 saturated carbocycles. The number of nitrogens with two attached hydrogens (primary N) is 1. The van der Waals surface area contributed by atoms with Gasteiger partial charge in [-0.05, 0) is 37.8 Å². The summed E-state index contributed by atoms with van der Waals surface area (Å²) in [6.07, 6.45) is 5.06. The smallest absolute Gasteiger partial charge is 0.270 e. The van der Waals surface area contributed by atoms with Crippen LogP contribution in [-0.2, 0) is 15.9 Å². The molecule has 1 aliphatic carbocycles. The van der Waals surface area contributed by atoms with Crippen molar-refractivity contribution in [3.63, 3.8) is 0 Å². The zero-order chi connectivity index (χ0) is 16.9. The quantitative estimate of drug-likeness (QED) is 0.693. The maximum atomic E-state index is 11.4. The van der Waals surface area contributed by atoms with Crippen molar-refractivity contribution in [2.24, 2.45) is 5.73 Å². The lowest BCUT2D eigenvalue weighted by Crippen LogP contribution is -2.62. The molecule has 9 nitrogen and oxygen atoms in total. The first kappa shape index (κ1) is 15.4. The van der Waals surface area contributed by atoms with Gasteiger partial charge in [0.2, 0.25) is 11.6 Å². The number of nitrogens with zero attached hydrogens (tertiary/aromatic N) is 3. The van der Waals surface area contributed by atoms with Crippen LogP contribution in [0.4, 0.5) is 0 Å². The van der Waals surface area contributed by atoms with Gasteiger partial charge in [-0.2, -0.15) is 8.42 Å². The van der Waals surface area contributed by atoms with Gasteiger partial charge in [-0.25, -0.2) is 9.67 Å². The first-order valence-electron chi connectivity index (χ1n) is 7.62. The molecule has 3 heterocycles. The average Bonchev–Trinajstić information content (AvgIpc) is 3.15. The van der Waals surface area contributed by atoms with Crippen molar-refractivity contribution in [3.05, 3.63) is 29.9 Å². The highest BCUT2D eigenvalue weighted by Crippen LogP contribution is 2.37. The lowest BCUT2D eigenvalue weighted by atomic mass is 9.93. The molecule has 10 heteroatoms. The predicted octanol–water partition coefficient (Wildman–Crippen LogP) is 0.883. The first-order valence-corrected chi connectivity index (χ1v) is 9.23. The van der Waals surface area contributed by atoms with Gasteiger partial charge in [-0.1, -0.05) is 0 Å². The van der Waals surface area contributed by atoms with E-state index in [9.17, 15) is 13.0 Å². The molecule has 1 aliphatic heterocycles. The van der Waals surface area contributed by atoms with Crippen LogP contribution in [0.15, 0.2) is 28.5 Å². The summed E-state index contributed by atoms with van der Waals surface area (Å²) >= 11 is 0. The van der Waals surface area contributed by atoms with Crippen LogP contribution >= 0.6 is 0 Å². The van der Waals surface area contributed by atoms with E-state index in [2.05, 4.69) is 15.4 Å². The van der Waals surface area contributed by atoms with E-state index in [0.29, 0.717) is 17.4 Å². The predicted molar refractivity (Wildman–Crippen MR) is 84.8 cm³/mol. The molecule has 4 rings (SSSR count). The third-order valence-corrected chi connectivity index (χ3v) is 5.04. The molecule has 2 aromatic heterocycles. The van der Waals surface area contributed by atoms with Gasteiger partial charge >= 0.3 is 0 Å². The molecular formula is C14H17N5O4S. The zero-order valence-electron chi connectivity index (χ0n) is 12.8. The van der Waals surface area contributed by atoms with Crippen LogP contribution in [0.5, 0.6) is 0 Å². The minimum absolute atomic E-state index is 0.321. The molecule has 0 aromatic carbocycles. The number of fused-ring (bicyclic) bond motifs is 2. The van der Waals surface area contributed by atoms with Crippen LogP contribution < -0.4 is 11.1 Å². The van der Waals surface area contributed by atoms with Gasteiger partial charge in [0.05, 0.1) is 6.26 Å². The lowest BCUT2D eigenvalue weighted by molar-refractivity contribution is 0.231. The molecule has 0 radical (unpaired) electrons. The molecule has 0 bridgehead atoms. The van der Waals surface area contributed by atoms with Crippen LogP contribution in [0.25, 0.3) is 17.2 Å². The van der Waals surface area contributed by atoms with E-state index in [1.165, 1.54) is 10.9 Å². The Hall–Kier alpha value is -2.17. The fourth-order valence-electron chi connectivity index (χ4n) is 3.28. The molecule has 2 aromatic rings. The normalized spacial score (nSPS) is 23.6. The molecule has 0 amide bonds. The van der Waals surface area contributed by atoms with Crippen molar-refractivity contribution >= 4 is 15.7 Å². The van der Waals surface area contributed by atoms with Crippen molar-refractivity contribution in [2.75, 3.05) is 5.75 Å². The van der Waals surface area contributed by atoms with Crippen molar-refractivity contribution in [1.82, 2.24) is 20.1 Å². The molecule has 0 spiro atoms. The Labute approximate surface area is 138 Å². The minimum Gasteiger partial charge on any atom is -0.461 e. The fraction of sp³-hybridized carbons (Fsp3) is 0.429. The van der Waals surface area contributed by atoms with Gasteiger partial charge in [-0.3, -0.25) is 10.3 Å². The van der Waals surface area contributed by atoms with Crippen LogP contribution in [0, 0.1) is 0 Å². The molecule has 0 saturated heterocycles. The summed E-state index contributed by atoms with van der Waals surface area (Å²) in [7, 11) is -4.33. The average molecular weight is 351 g/mol. The number of rotatable bonds is 3. The summed E-state index contributed by atoms with van der Waals surface area (Å²) in [5.41, 5.74) is 8.11. The van der Waals surface area contributed by atoms with Crippen molar-refractivity contribution < 1.29 is 17.4 Å². The van der Waals surface area contributed by atoms with Crippen LogP contribution in [-0.4, -0.2) is 33.5 Å². The lowest BCUT2D eigenvalue weighted by Gasteiger charge is -2.38. The summed E-state index contributed by atoms with van der Waals surface area (Å²) in [6, 6.07) is 3.43. The van der Waals surface area contributed by atoms with E-state index >= 15 is 0 Å². The maximum absolute atomic E-state index is 11.4. The Bertz CT molecular complexity index is 915. The number of hydrogen-bond donors (Lipinski definition) is 3. The maximum Gasteiger partial charge on any atom is 0.270 e.